The molecule has 4 aliphatic carbocycles. The third-order valence-corrected chi connectivity index (χ3v) is 11.1. The first-order chi connectivity index (χ1) is 15.4. The Hall–Kier alpha value is -1.28. The van der Waals surface area contributed by atoms with Crippen LogP contribution < -0.4 is 0 Å². The average molecular weight is 481 g/mol. The highest BCUT2D eigenvalue weighted by Gasteiger charge is 2.60. The normalized spacial score (nSPS) is 45.2. The molecular weight excluding hydrogens is 443 g/mol. The van der Waals surface area contributed by atoms with Crippen molar-refractivity contribution in [3.8, 4) is 0 Å². The monoisotopic (exact) mass is 480 g/mol. The maximum Gasteiger partial charge on any atom is 0.178 e. The largest absolute Gasteiger partial charge is 0.390 e. The molecule has 0 bridgehead atoms. The van der Waals surface area contributed by atoms with E-state index >= 15 is 4.39 Å². The molecule has 6 nitrogen and oxygen atoms in total. The van der Waals surface area contributed by atoms with E-state index in [4.69, 9.17) is 0 Å². The molecular formula is C25H37FN2O4S. The minimum absolute atomic E-state index is 0.0259. The maximum atomic E-state index is 15.4. The zero-order chi connectivity index (χ0) is 23.8. The molecule has 1 aromatic heterocycles. The van der Waals surface area contributed by atoms with E-state index in [0.717, 1.165) is 44.8 Å². The number of aliphatic hydroxyl groups is 1. The molecule has 0 unspecified atom stereocenters. The molecule has 1 heterocycles. The van der Waals surface area contributed by atoms with Gasteiger partial charge in [0, 0.05) is 18.4 Å². The summed E-state index contributed by atoms with van der Waals surface area (Å²) < 4.78 is 40.3. The molecule has 0 aromatic carbocycles. The molecule has 5 rings (SSSR count). The second kappa shape index (κ2) is 7.87. The van der Waals surface area contributed by atoms with E-state index in [-0.39, 0.29) is 34.5 Å². The van der Waals surface area contributed by atoms with Crippen LogP contribution in [0.3, 0.4) is 0 Å². The summed E-state index contributed by atoms with van der Waals surface area (Å²) in [6.45, 7) is 4.17. The number of Topliss-reactive ketones (excluding diaryl/α,β-unsaturated/α-hetero) is 1. The molecule has 184 valence electrons. The average Bonchev–Trinajstić information content (AvgIpc) is 3.32. The van der Waals surface area contributed by atoms with Crippen LogP contribution in [0.2, 0.25) is 0 Å². The van der Waals surface area contributed by atoms with Crippen molar-refractivity contribution in [2.75, 3.05) is 6.26 Å². The van der Waals surface area contributed by atoms with Crippen LogP contribution in [0.25, 0.3) is 0 Å². The number of carbonyl (C=O) groups excluding carboxylic acids is 1. The predicted octanol–water partition coefficient (Wildman–Crippen LogP) is 3.82. The predicted molar refractivity (Wildman–Crippen MR) is 122 cm³/mol. The van der Waals surface area contributed by atoms with E-state index < -0.39 is 21.6 Å². The van der Waals surface area contributed by atoms with Crippen LogP contribution in [0.4, 0.5) is 4.39 Å². The van der Waals surface area contributed by atoms with Crippen molar-refractivity contribution in [2.45, 2.75) is 88.4 Å². The fourth-order valence-corrected chi connectivity index (χ4v) is 8.98. The molecule has 4 aliphatic rings. The van der Waals surface area contributed by atoms with E-state index in [2.05, 4.69) is 12.0 Å². The van der Waals surface area contributed by atoms with Crippen LogP contribution in [0.15, 0.2) is 17.3 Å². The molecule has 33 heavy (non-hydrogen) atoms. The second-order valence-electron chi connectivity index (χ2n) is 12.0. The Bertz CT molecular complexity index is 1040. The molecule has 0 saturated heterocycles. The number of hydrogen-bond donors (Lipinski definition) is 1. The quantitative estimate of drug-likeness (QED) is 0.708. The van der Waals surface area contributed by atoms with E-state index in [1.807, 2.05) is 6.92 Å². The molecule has 9 atom stereocenters. The zero-order valence-electron chi connectivity index (χ0n) is 19.9. The maximum absolute atomic E-state index is 15.4. The number of ketones is 1. The molecule has 0 radical (unpaired) electrons. The number of alkyl halides is 1. The summed E-state index contributed by atoms with van der Waals surface area (Å²) in [4.78, 5) is 13.5. The Labute approximate surface area is 196 Å². The van der Waals surface area contributed by atoms with Crippen LogP contribution in [-0.4, -0.2) is 47.1 Å². The number of nitrogens with zero attached hydrogens (tertiary/aromatic N) is 2. The minimum Gasteiger partial charge on any atom is -0.390 e. The number of sulfone groups is 1. The number of halogens is 1. The van der Waals surface area contributed by atoms with Gasteiger partial charge in [0.15, 0.2) is 15.6 Å². The van der Waals surface area contributed by atoms with Gasteiger partial charge in [0.1, 0.15) is 11.1 Å². The minimum atomic E-state index is -3.35. The van der Waals surface area contributed by atoms with Crippen LogP contribution >= 0.6 is 0 Å². The Morgan fingerprint density at radius 3 is 2.55 bits per heavy atom. The first-order valence-electron chi connectivity index (χ1n) is 12.5. The summed E-state index contributed by atoms with van der Waals surface area (Å²) in [7, 11) is -3.35. The first kappa shape index (κ1) is 23.5. The van der Waals surface area contributed by atoms with Gasteiger partial charge in [0.05, 0.1) is 18.3 Å². The Morgan fingerprint density at radius 2 is 1.85 bits per heavy atom. The van der Waals surface area contributed by atoms with Gasteiger partial charge < -0.3 is 5.11 Å². The summed E-state index contributed by atoms with van der Waals surface area (Å²) in [6.07, 6.45) is 9.63. The molecule has 1 N–H and O–H groups in total. The molecule has 1 aromatic rings. The number of fused-ring (bicyclic) bond motifs is 5. The summed E-state index contributed by atoms with van der Waals surface area (Å²) in [5.41, 5.74) is -0.867. The van der Waals surface area contributed by atoms with Gasteiger partial charge in [-0.15, -0.1) is 0 Å². The van der Waals surface area contributed by atoms with Crippen molar-refractivity contribution in [3.63, 3.8) is 0 Å². The number of aromatic nitrogens is 2. The highest BCUT2D eigenvalue weighted by atomic mass is 32.2. The molecule has 0 amide bonds. The van der Waals surface area contributed by atoms with Crippen molar-refractivity contribution in [3.05, 3.63) is 12.4 Å². The van der Waals surface area contributed by atoms with Crippen molar-refractivity contribution in [2.24, 2.45) is 40.9 Å². The van der Waals surface area contributed by atoms with Crippen molar-refractivity contribution >= 4 is 15.6 Å². The van der Waals surface area contributed by atoms with Gasteiger partial charge in [0.2, 0.25) is 0 Å². The molecule has 0 spiro atoms. The van der Waals surface area contributed by atoms with Crippen LogP contribution in [-0.2, 0) is 21.2 Å². The lowest BCUT2D eigenvalue weighted by Crippen LogP contribution is -2.54. The summed E-state index contributed by atoms with van der Waals surface area (Å²) in [5.74, 6) is 1.55. The Morgan fingerprint density at radius 1 is 1.15 bits per heavy atom. The van der Waals surface area contributed by atoms with E-state index in [9.17, 15) is 18.3 Å². The summed E-state index contributed by atoms with van der Waals surface area (Å²) >= 11 is 0. The van der Waals surface area contributed by atoms with Crippen molar-refractivity contribution in [1.29, 1.82) is 0 Å². The van der Waals surface area contributed by atoms with Gasteiger partial charge in [-0.05, 0) is 93.3 Å². The van der Waals surface area contributed by atoms with Gasteiger partial charge in [-0.1, -0.05) is 6.92 Å². The smallest absolute Gasteiger partial charge is 0.178 e. The zero-order valence-corrected chi connectivity index (χ0v) is 20.7. The molecule has 0 aliphatic heterocycles. The molecule has 4 fully saturated rings. The molecule has 8 heteroatoms. The van der Waals surface area contributed by atoms with Crippen LogP contribution in [0.5, 0.6) is 0 Å². The lowest BCUT2D eigenvalue weighted by molar-refractivity contribution is -0.139. The third-order valence-electron chi connectivity index (χ3n) is 9.99. The number of carbonyl (C=O) groups is 1. The summed E-state index contributed by atoms with van der Waals surface area (Å²) in [5, 5.41) is 14.6. The lowest BCUT2D eigenvalue weighted by Gasteiger charge is -2.57. The van der Waals surface area contributed by atoms with E-state index in [0.29, 0.717) is 36.5 Å². The SMILES string of the molecule is C[C@@]1(O)CC[C@@H]2[C@H]3CC[C@]4(C)[C@@H](C(=O)Cn5cc(S(C)(=O)=O)cn5)CC[C@H]4[C@@H]3C[C@@H](F)[C@@H]2C1. The van der Waals surface area contributed by atoms with E-state index in [1.54, 1.807) is 0 Å². The van der Waals surface area contributed by atoms with Crippen molar-refractivity contribution < 1.29 is 22.7 Å². The highest BCUT2D eigenvalue weighted by molar-refractivity contribution is 7.90. The topological polar surface area (TPSA) is 89.3 Å². The van der Waals surface area contributed by atoms with Crippen LogP contribution in [0.1, 0.15) is 65.2 Å². The fourth-order valence-electron chi connectivity index (χ4n) is 8.42. The number of hydrogen-bond acceptors (Lipinski definition) is 5. The Kier molecular flexibility index (Phi) is 5.59. The van der Waals surface area contributed by atoms with Crippen molar-refractivity contribution in [1.82, 2.24) is 9.78 Å². The fraction of sp³-hybridized carbons (Fsp3) is 0.840. The third kappa shape index (κ3) is 3.99. The Balaban J connectivity index is 1.32. The van der Waals surface area contributed by atoms with Gasteiger partial charge in [-0.2, -0.15) is 5.10 Å². The van der Waals surface area contributed by atoms with Crippen LogP contribution in [0, 0.1) is 40.9 Å². The van der Waals surface area contributed by atoms with Gasteiger partial charge in [-0.25, -0.2) is 12.8 Å². The second-order valence-corrected chi connectivity index (χ2v) is 14.1. The molecule has 4 saturated carbocycles. The lowest BCUT2D eigenvalue weighted by atomic mass is 9.48. The van der Waals surface area contributed by atoms with Gasteiger partial charge in [-0.3, -0.25) is 9.48 Å². The summed E-state index contributed by atoms with van der Waals surface area (Å²) in [6, 6.07) is 0. The van der Waals surface area contributed by atoms with Gasteiger partial charge >= 0.3 is 0 Å². The first-order valence-corrected chi connectivity index (χ1v) is 14.4. The number of rotatable bonds is 4. The highest BCUT2D eigenvalue weighted by Crippen LogP contribution is 2.65. The standard InChI is InChI=1S/C25H37FN2O4S/c1-24(30)8-6-17-16-7-9-25(2)20(18(16)10-22(26)19(17)11-24)4-5-21(25)23(29)14-28-13-15(12-27-28)33(3,31)32/h12-13,16-22,30H,4-11,14H2,1-3H3/t16-,17-,18-,19-,20+,21-,22-,24-,25+/m1/s1. The van der Waals surface area contributed by atoms with Gasteiger partial charge in [0.25, 0.3) is 0 Å². The van der Waals surface area contributed by atoms with E-state index in [1.165, 1.54) is 17.1 Å².